The number of sulfonamides is 1. The first-order chi connectivity index (χ1) is 12.8. The fraction of sp³-hybridized carbons (Fsp3) is 0.579. The number of carbonyl (C=O) groups excluding carboxylic acids is 1. The van der Waals surface area contributed by atoms with Crippen LogP contribution >= 0.6 is 0 Å². The Kier molecular flexibility index (Phi) is 5.86. The zero-order chi connectivity index (χ0) is 19.6. The summed E-state index contributed by atoms with van der Waals surface area (Å²) in [7, 11) is -1.99. The number of carbonyl (C=O) groups is 2. The Bertz CT molecular complexity index is 796. The summed E-state index contributed by atoms with van der Waals surface area (Å²) in [6.45, 7) is -0.339. The van der Waals surface area contributed by atoms with Gasteiger partial charge in [0.2, 0.25) is 10.0 Å². The van der Waals surface area contributed by atoms with Crippen molar-refractivity contribution in [3.05, 3.63) is 29.8 Å². The highest BCUT2D eigenvalue weighted by molar-refractivity contribution is 7.89. The van der Waals surface area contributed by atoms with Crippen LogP contribution in [-0.4, -0.2) is 60.3 Å². The Hall–Kier alpha value is -1.93. The molecule has 8 heteroatoms. The van der Waals surface area contributed by atoms with E-state index < -0.39 is 16.0 Å². The number of hydrogen-bond acceptors (Lipinski definition) is 4. The number of amides is 1. The molecule has 0 bridgehead atoms. The third-order valence-electron chi connectivity index (χ3n) is 5.42. The molecule has 3 rings (SSSR count). The SMILES string of the molecule is CN(C1CCCCC1)S(=O)(=O)c1ccc(C(=O)N(CC(=O)O)C2CC2)cc1. The molecule has 0 radical (unpaired) electrons. The van der Waals surface area contributed by atoms with Crippen LogP contribution < -0.4 is 0 Å². The smallest absolute Gasteiger partial charge is 0.323 e. The molecule has 0 heterocycles. The van der Waals surface area contributed by atoms with Crippen LogP contribution in [-0.2, 0) is 14.8 Å². The number of carboxylic acids is 1. The first-order valence-corrected chi connectivity index (χ1v) is 10.9. The number of rotatable bonds is 7. The second kappa shape index (κ2) is 7.98. The van der Waals surface area contributed by atoms with Crippen molar-refractivity contribution in [2.75, 3.05) is 13.6 Å². The zero-order valence-corrected chi connectivity index (χ0v) is 16.3. The molecule has 0 aromatic heterocycles. The van der Waals surface area contributed by atoms with Gasteiger partial charge in [0, 0.05) is 24.7 Å². The fourth-order valence-electron chi connectivity index (χ4n) is 3.64. The van der Waals surface area contributed by atoms with Crippen molar-refractivity contribution < 1.29 is 23.1 Å². The fourth-order valence-corrected chi connectivity index (χ4v) is 5.06. The van der Waals surface area contributed by atoms with Crippen LogP contribution in [0.5, 0.6) is 0 Å². The highest BCUT2D eigenvalue weighted by Gasteiger charge is 2.35. The van der Waals surface area contributed by atoms with Gasteiger partial charge in [-0.1, -0.05) is 19.3 Å². The van der Waals surface area contributed by atoms with E-state index in [1.54, 1.807) is 7.05 Å². The average molecular weight is 394 g/mol. The van der Waals surface area contributed by atoms with Crippen molar-refractivity contribution in [3.8, 4) is 0 Å². The van der Waals surface area contributed by atoms with Gasteiger partial charge >= 0.3 is 5.97 Å². The molecule has 0 unspecified atom stereocenters. The minimum Gasteiger partial charge on any atom is -0.480 e. The van der Waals surface area contributed by atoms with Gasteiger partial charge in [0.15, 0.2) is 0 Å². The quantitative estimate of drug-likeness (QED) is 0.766. The molecule has 0 spiro atoms. The Morgan fingerprint density at radius 1 is 1.00 bits per heavy atom. The molecular weight excluding hydrogens is 368 g/mol. The molecule has 2 aliphatic carbocycles. The largest absolute Gasteiger partial charge is 0.480 e. The van der Waals surface area contributed by atoms with E-state index in [9.17, 15) is 18.0 Å². The van der Waals surface area contributed by atoms with E-state index in [1.165, 1.54) is 33.5 Å². The van der Waals surface area contributed by atoms with Gasteiger partial charge in [-0.2, -0.15) is 4.31 Å². The van der Waals surface area contributed by atoms with Crippen LogP contribution in [0.15, 0.2) is 29.2 Å². The van der Waals surface area contributed by atoms with Crippen molar-refractivity contribution in [2.45, 2.75) is 61.9 Å². The molecule has 148 valence electrons. The topological polar surface area (TPSA) is 95.0 Å². The van der Waals surface area contributed by atoms with E-state index in [4.69, 9.17) is 5.11 Å². The Morgan fingerprint density at radius 2 is 1.59 bits per heavy atom. The van der Waals surface area contributed by atoms with Gasteiger partial charge < -0.3 is 10.0 Å². The van der Waals surface area contributed by atoms with Crippen molar-refractivity contribution in [1.82, 2.24) is 9.21 Å². The Labute approximate surface area is 160 Å². The van der Waals surface area contributed by atoms with Gasteiger partial charge in [-0.05, 0) is 49.9 Å². The molecule has 0 atom stereocenters. The number of benzene rings is 1. The standard InChI is InChI=1S/C19H26N2O5S/c1-20(15-5-3-2-4-6-15)27(25,26)17-11-7-14(8-12-17)19(24)21(13-18(22)23)16-9-10-16/h7-8,11-12,15-16H,2-6,9-10,13H2,1H3,(H,22,23). The van der Waals surface area contributed by atoms with Crippen LogP contribution in [0.25, 0.3) is 0 Å². The maximum atomic E-state index is 12.9. The van der Waals surface area contributed by atoms with Gasteiger partial charge in [-0.15, -0.1) is 0 Å². The molecule has 2 aliphatic rings. The normalized spacial score (nSPS) is 18.4. The third-order valence-corrected chi connectivity index (χ3v) is 7.35. The summed E-state index contributed by atoms with van der Waals surface area (Å²) >= 11 is 0. The van der Waals surface area contributed by atoms with E-state index in [0.717, 1.165) is 44.9 Å². The monoisotopic (exact) mass is 394 g/mol. The first kappa shape index (κ1) is 19.8. The van der Waals surface area contributed by atoms with Crippen molar-refractivity contribution in [2.24, 2.45) is 0 Å². The molecule has 1 amide bonds. The first-order valence-electron chi connectivity index (χ1n) is 9.41. The van der Waals surface area contributed by atoms with Gasteiger partial charge in [0.25, 0.3) is 5.91 Å². The summed E-state index contributed by atoms with van der Waals surface area (Å²) in [6.07, 6.45) is 6.58. The lowest BCUT2D eigenvalue weighted by atomic mass is 9.96. The molecule has 27 heavy (non-hydrogen) atoms. The second-order valence-corrected chi connectivity index (χ2v) is 9.39. The molecule has 1 aromatic carbocycles. The minimum absolute atomic E-state index is 0.0194. The van der Waals surface area contributed by atoms with Crippen LogP contribution in [0, 0.1) is 0 Å². The van der Waals surface area contributed by atoms with E-state index >= 15 is 0 Å². The summed E-state index contributed by atoms with van der Waals surface area (Å²) in [5, 5.41) is 9.01. The highest BCUT2D eigenvalue weighted by Crippen LogP contribution is 2.29. The maximum Gasteiger partial charge on any atom is 0.323 e. The van der Waals surface area contributed by atoms with E-state index in [0.29, 0.717) is 5.56 Å². The lowest BCUT2D eigenvalue weighted by Crippen LogP contribution is -2.38. The van der Waals surface area contributed by atoms with Crippen molar-refractivity contribution >= 4 is 21.9 Å². The molecule has 2 saturated carbocycles. The highest BCUT2D eigenvalue weighted by atomic mass is 32.2. The second-order valence-electron chi connectivity index (χ2n) is 7.40. The molecule has 0 saturated heterocycles. The average Bonchev–Trinajstić information content (AvgIpc) is 3.50. The zero-order valence-electron chi connectivity index (χ0n) is 15.5. The van der Waals surface area contributed by atoms with Gasteiger partial charge in [-0.25, -0.2) is 8.42 Å². The summed E-state index contributed by atoms with van der Waals surface area (Å²) in [4.78, 5) is 25.1. The van der Waals surface area contributed by atoms with Crippen LogP contribution in [0.2, 0.25) is 0 Å². The number of carboxylic acid groups (broad SMARTS) is 1. The molecule has 0 aliphatic heterocycles. The Balaban J connectivity index is 1.75. The van der Waals surface area contributed by atoms with Crippen molar-refractivity contribution in [1.29, 1.82) is 0 Å². The van der Waals surface area contributed by atoms with Gasteiger partial charge in [0.1, 0.15) is 6.54 Å². The number of nitrogens with zero attached hydrogens (tertiary/aromatic N) is 2. The molecule has 1 N–H and O–H groups in total. The maximum absolute atomic E-state index is 12.9. The van der Waals surface area contributed by atoms with E-state index in [2.05, 4.69) is 0 Å². The molecule has 7 nitrogen and oxygen atoms in total. The van der Waals surface area contributed by atoms with Gasteiger partial charge in [-0.3, -0.25) is 9.59 Å². The molecular formula is C19H26N2O5S. The number of aliphatic carboxylic acids is 1. The predicted molar refractivity (Wildman–Crippen MR) is 100.0 cm³/mol. The summed E-state index contributed by atoms with van der Waals surface area (Å²) in [5.74, 6) is -1.42. The summed E-state index contributed by atoms with van der Waals surface area (Å²) in [5.41, 5.74) is 0.308. The third kappa shape index (κ3) is 4.50. The van der Waals surface area contributed by atoms with E-state index in [-0.39, 0.29) is 29.4 Å². The summed E-state index contributed by atoms with van der Waals surface area (Å²) < 4.78 is 27.2. The summed E-state index contributed by atoms with van der Waals surface area (Å²) in [6, 6.07) is 5.81. The van der Waals surface area contributed by atoms with Crippen molar-refractivity contribution in [3.63, 3.8) is 0 Å². The minimum atomic E-state index is -3.61. The molecule has 1 aromatic rings. The number of hydrogen-bond donors (Lipinski definition) is 1. The Morgan fingerprint density at radius 3 is 2.11 bits per heavy atom. The van der Waals surface area contributed by atoms with E-state index in [1.807, 2.05) is 0 Å². The van der Waals surface area contributed by atoms with Crippen LogP contribution in [0.1, 0.15) is 55.3 Å². The lowest BCUT2D eigenvalue weighted by molar-refractivity contribution is -0.137. The van der Waals surface area contributed by atoms with Gasteiger partial charge in [0.05, 0.1) is 4.90 Å². The van der Waals surface area contributed by atoms with Crippen LogP contribution in [0.3, 0.4) is 0 Å². The molecule has 2 fully saturated rings. The predicted octanol–water partition coefficient (Wildman–Crippen LogP) is 2.33. The lowest BCUT2D eigenvalue weighted by Gasteiger charge is -2.30. The van der Waals surface area contributed by atoms with Crippen LogP contribution in [0.4, 0.5) is 0 Å².